The molecule has 0 bridgehead atoms. The van der Waals surface area contributed by atoms with Crippen molar-refractivity contribution in [3.63, 3.8) is 0 Å². The smallest absolute Gasteiger partial charge is 0.0816 e. The molecule has 1 unspecified atom stereocenters. The molecule has 0 amide bonds. The third kappa shape index (κ3) is 3.06. The first kappa shape index (κ1) is 13.7. The van der Waals surface area contributed by atoms with Crippen molar-refractivity contribution >= 4 is 11.3 Å². The van der Waals surface area contributed by atoms with Crippen molar-refractivity contribution in [2.24, 2.45) is 0 Å². The molecule has 0 aliphatic carbocycles. The number of rotatable bonds is 6. The molecule has 1 aromatic rings. The van der Waals surface area contributed by atoms with Gasteiger partial charge in [0.25, 0.3) is 0 Å². The molecular weight excluding hydrogens is 218 g/mol. The molecule has 0 fully saturated rings. The number of aryl methyl sites for hydroxylation is 1. The molecule has 0 saturated heterocycles. The lowest BCUT2D eigenvalue weighted by atomic mass is 9.92. The van der Waals surface area contributed by atoms with E-state index in [0.717, 1.165) is 13.0 Å². The van der Waals surface area contributed by atoms with Crippen molar-refractivity contribution in [3.05, 3.63) is 21.9 Å². The van der Waals surface area contributed by atoms with Crippen LogP contribution >= 0.6 is 11.3 Å². The molecule has 0 aliphatic rings. The summed E-state index contributed by atoms with van der Waals surface area (Å²) in [4.78, 5) is 1.37. The molecule has 0 aliphatic heterocycles. The fourth-order valence-electron chi connectivity index (χ4n) is 1.83. The van der Waals surface area contributed by atoms with E-state index in [1.807, 2.05) is 0 Å². The van der Waals surface area contributed by atoms with Crippen LogP contribution in [0.2, 0.25) is 0 Å². The van der Waals surface area contributed by atoms with Gasteiger partial charge in [-0.25, -0.2) is 0 Å². The summed E-state index contributed by atoms with van der Waals surface area (Å²) in [5, 5.41) is 5.74. The normalized spacial score (nSPS) is 14.1. The first-order chi connectivity index (χ1) is 7.53. The highest BCUT2D eigenvalue weighted by molar-refractivity contribution is 7.10. The molecule has 1 heterocycles. The molecule has 1 aromatic heterocycles. The molecule has 0 aromatic carbocycles. The quantitative estimate of drug-likeness (QED) is 0.822. The van der Waals surface area contributed by atoms with E-state index < -0.39 is 0 Å². The van der Waals surface area contributed by atoms with Crippen LogP contribution in [-0.4, -0.2) is 19.3 Å². The minimum Gasteiger partial charge on any atom is -0.377 e. The molecule has 0 saturated carbocycles. The number of thiophene rings is 1. The van der Waals surface area contributed by atoms with E-state index in [-0.39, 0.29) is 11.6 Å². The third-order valence-corrected chi connectivity index (χ3v) is 3.89. The third-order valence-electron chi connectivity index (χ3n) is 3.03. The van der Waals surface area contributed by atoms with E-state index in [1.54, 1.807) is 18.4 Å². The van der Waals surface area contributed by atoms with E-state index in [0.29, 0.717) is 0 Å². The lowest BCUT2D eigenvalue weighted by Crippen LogP contribution is -2.41. The van der Waals surface area contributed by atoms with Gasteiger partial charge < -0.3 is 10.1 Å². The fraction of sp³-hybridized carbons (Fsp3) is 0.692. The molecule has 0 radical (unpaired) electrons. The fourth-order valence-corrected chi connectivity index (χ4v) is 2.57. The molecule has 92 valence electrons. The van der Waals surface area contributed by atoms with Crippen LogP contribution in [0.1, 0.15) is 43.7 Å². The van der Waals surface area contributed by atoms with E-state index >= 15 is 0 Å². The van der Waals surface area contributed by atoms with Gasteiger partial charge in [0, 0.05) is 12.0 Å². The number of nitrogens with one attached hydrogen (secondary N) is 1. The molecular formula is C13H23NOS. The Morgan fingerprint density at radius 1 is 1.50 bits per heavy atom. The van der Waals surface area contributed by atoms with Gasteiger partial charge in [0.1, 0.15) is 0 Å². The molecule has 1 N–H and O–H groups in total. The van der Waals surface area contributed by atoms with Crippen LogP contribution in [0.25, 0.3) is 0 Å². The average molecular weight is 241 g/mol. The van der Waals surface area contributed by atoms with Gasteiger partial charge in [-0.1, -0.05) is 6.92 Å². The Hall–Kier alpha value is -0.380. The Kier molecular flexibility index (Phi) is 4.96. The van der Waals surface area contributed by atoms with Crippen LogP contribution in [0.4, 0.5) is 0 Å². The maximum atomic E-state index is 5.62. The zero-order valence-electron chi connectivity index (χ0n) is 11.0. The van der Waals surface area contributed by atoms with E-state index in [9.17, 15) is 0 Å². The summed E-state index contributed by atoms with van der Waals surface area (Å²) in [6.45, 7) is 9.65. The lowest BCUT2D eigenvalue weighted by molar-refractivity contribution is -0.0111. The second kappa shape index (κ2) is 5.80. The summed E-state index contributed by atoms with van der Waals surface area (Å²) in [6, 6.07) is 2.47. The minimum absolute atomic E-state index is 0.180. The summed E-state index contributed by atoms with van der Waals surface area (Å²) >= 11 is 1.80. The summed E-state index contributed by atoms with van der Waals surface area (Å²) in [5.74, 6) is 0. The number of ether oxygens (including phenoxy) is 1. The Labute approximate surface area is 103 Å². The second-order valence-corrected chi connectivity index (χ2v) is 5.75. The zero-order chi connectivity index (χ0) is 12.2. The standard InChI is InChI=1S/C13H23NOS/c1-6-8-14-12(13(3,4)15-5)11-7-9-16-10(11)2/h7,9,12,14H,6,8H2,1-5H3. The number of hydrogen-bond donors (Lipinski definition) is 1. The highest BCUT2D eigenvalue weighted by atomic mass is 32.1. The summed E-state index contributed by atoms with van der Waals surface area (Å²) in [7, 11) is 1.78. The van der Waals surface area contributed by atoms with Gasteiger partial charge in [0.15, 0.2) is 0 Å². The van der Waals surface area contributed by atoms with Gasteiger partial charge in [-0.3, -0.25) is 0 Å². The van der Waals surface area contributed by atoms with Gasteiger partial charge in [-0.15, -0.1) is 11.3 Å². The number of hydrogen-bond acceptors (Lipinski definition) is 3. The van der Waals surface area contributed by atoms with Crippen LogP contribution in [0.15, 0.2) is 11.4 Å². The summed E-state index contributed by atoms with van der Waals surface area (Å²) in [5.41, 5.74) is 1.19. The average Bonchev–Trinajstić information content (AvgIpc) is 2.65. The van der Waals surface area contributed by atoms with Gasteiger partial charge in [0.05, 0.1) is 11.6 Å². The highest BCUT2D eigenvalue weighted by Gasteiger charge is 2.31. The predicted molar refractivity (Wildman–Crippen MR) is 71.2 cm³/mol. The van der Waals surface area contributed by atoms with E-state index in [2.05, 4.69) is 44.5 Å². The highest BCUT2D eigenvalue weighted by Crippen LogP contribution is 2.32. The van der Waals surface area contributed by atoms with Crippen LogP contribution < -0.4 is 5.32 Å². The predicted octanol–water partition coefficient (Wildman–Crippen LogP) is 3.52. The topological polar surface area (TPSA) is 21.3 Å². The van der Waals surface area contributed by atoms with Crippen molar-refractivity contribution in [2.75, 3.05) is 13.7 Å². The molecule has 3 heteroatoms. The Bertz CT molecular complexity index is 319. The van der Waals surface area contributed by atoms with Crippen LogP contribution in [0, 0.1) is 6.92 Å². The summed E-state index contributed by atoms with van der Waals surface area (Å²) < 4.78 is 5.62. The zero-order valence-corrected chi connectivity index (χ0v) is 11.8. The maximum absolute atomic E-state index is 5.62. The largest absolute Gasteiger partial charge is 0.377 e. The SMILES string of the molecule is CCCNC(c1ccsc1C)C(C)(C)OC. The van der Waals surface area contributed by atoms with E-state index in [1.165, 1.54) is 10.4 Å². The lowest BCUT2D eigenvalue weighted by Gasteiger charge is -2.34. The molecule has 2 nitrogen and oxygen atoms in total. The Balaban J connectivity index is 2.92. The van der Waals surface area contributed by atoms with Gasteiger partial charge in [-0.2, -0.15) is 0 Å². The molecule has 0 spiro atoms. The molecule has 1 rings (SSSR count). The molecule has 16 heavy (non-hydrogen) atoms. The van der Waals surface area contributed by atoms with Gasteiger partial charge in [-0.05, 0) is 50.7 Å². The second-order valence-electron chi connectivity index (χ2n) is 4.63. The van der Waals surface area contributed by atoms with Crippen molar-refractivity contribution in [1.82, 2.24) is 5.32 Å². The van der Waals surface area contributed by atoms with Crippen molar-refractivity contribution in [2.45, 2.75) is 45.8 Å². The Morgan fingerprint density at radius 3 is 2.62 bits per heavy atom. The summed E-state index contributed by atoms with van der Waals surface area (Å²) in [6.07, 6.45) is 1.14. The first-order valence-electron chi connectivity index (χ1n) is 5.85. The molecule has 1 atom stereocenters. The van der Waals surface area contributed by atoms with Crippen molar-refractivity contribution in [3.8, 4) is 0 Å². The van der Waals surface area contributed by atoms with Crippen LogP contribution in [0.5, 0.6) is 0 Å². The monoisotopic (exact) mass is 241 g/mol. The first-order valence-corrected chi connectivity index (χ1v) is 6.73. The Morgan fingerprint density at radius 2 is 2.19 bits per heavy atom. The van der Waals surface area contributed by atoms with Gasteiger partial charge in [0.2, 0.25) is 0 Å². The number of methoxy groups -OCH3 is 1. The van der Waals surface area contributed by atoms with Crippen molar-refractivity contribution in [1.29, 1.82) is 0 Å². The van der Waals surface area contributed by atoms with Crippen molar-refractivity contribution < 1.29 is 4.74 Å². The maximum Gasteiger partial charge on any atom is 0.0816 e. The van der Waals surface area contributed by atoms with Gasteiger partial charge >= 0.3 is 0 Å². The van der Waals surface area contributed by atoms with Crippen LogP contribution in [0.3, 0.4) is 0 Å². The van der Waals surface area contributed by atoms with E-state index in [4.69, 9.17) is 4.74 Å². The minimum atomic E-state index is -0.180. The van der Waals surface area contributed by atoms with Crippen LogP contribution in [-0.2, 0) is 4.74 Å².